The van der Waals surface area contributed by atoms with Crippen molar-refractivity contribution in [2.24, 2.45) is 0 Å². The molecule has 0 atom stereocenters. The zero-order valence-corrected chi connectivity index (χ0v) is 15.4. The van der Waals surface area contributed by atoms with Crippen LogP contribution in [-0.4, -0.2) is 20.6 Å². The van der Waals surface area contributed by atoms with Gasteiger partial charge in [0.1, 0.15) is 17.9 Å². The van der Waals surface area contributed by atoms with E-state index in [1.54, 1.807) is 30.3 Å². The van der Waals surface area contributed by atoms with Gasteiger partial charge >= 0.3 is 6.03 Å². The molecule has 0 aliphatic carbocycles. The van der Waals surface area contributed by atoms with Gasteiger partial charge in [0.05, 0.1) is 0 Å². The van der Waals surface area contributed by atoms with Crippen molar-refractivity contribution >= 4 is 17.4 Å². The second-order valence-corrected chi connectivity index (χ2v) is 6.14. The van der Waals surface area contributed by atoms with Crippen molar-refractivity contribution in [2.45, 2.75) is 0 Å². The Balaban J connectivity index is 1.37. The topological polar surface area (TPSA) is 81.1 Å². The van der Waals surface area contributed by atoms with E-state index < -0.39 is 17.7 Å². The Morgan fingerprint density at radius 3 is 2.30 bits per heavy atom. The molecule has 9 heteroatoms. The summed E-state index contributed by atoms with van der Waals surface area (Å²) < 4.78 is 33.7. The SMILES string of the molecule is O=C(Nc1ccc(Oc2cc(-n3cccc3)ncn2)cc1)Nc1ccc(F)c(F)c1. The van der Waals surface area contributed by atoms with Gasteiger partial charge in [0.25, 0.3) is 0 Å². The van der Waals surface area contributed by atoms with Crippen molar-refractivity contribution in [3.05, 3.63) is 91.0 Å². The third-order valence-electron chi connectivity index (χ3n) is 4.01. The molecule has 0 saturated carbocycles. The third-order valence-corrected chi connectivity index (χ3v) is 4.01. The van der Waals surface area contributed by atoms with E-state index in [4.69, 9.17) is 4.74 Å². The first-order valence-corrected chi connectivity index (χ1v) is 8.83. The molecule has 7 nitrogen and oxygen atoms in total. The molecule has 2 heterocycles. The summed E-state index contributed by atoms with van der Waals surface area (Å²) in [4.78, 5) is 20.3. The monoisotopic (exact) mass is 407 g/mol. The number of ether oxygens (including phenoxy) is 1. The number of anilines is 2. The number of halogens is 2. The number of benzene rings is 2. The lowest BCUT2D eigenvalue weighted by atomic mass is 10.3. The Morgan fingerprint density at radius 2 is 1.57 bits per heavy atom. The van der Waals surface area contributed by atoms with Gasteiger partial charge in [-0.1, -0.05) is 0 Å². The first-order valence-electron chi connectivity index (χ1n) is 8.83. The summed E-state index contributed by atoms with van der Waals surface area (Å²) >= 11 is 0. The van der Waals surface area contributed by atoms with Gasteiger partial charge in [-0.2, -0.15) is 0 Å². The van der Waals surface area contributed by atoms with Crippen LogP contribution >= 0.6 is 0 Å². The number of nitrogens with one attached hydrogen (secondary N) is 2. The number of hydrogen-bond acceptors (Lipinski definition) is 4. The van der Waals surface area contributed by atoms with Crippen molar-refractivity contribution < 1.29 is 18.3 Å². The van der Waals surface area contributed by atoms with Gasteiger partial charge in [0.2, 0.25) is 5.88 Å². The average molecular weight is 407 g/mol. The summed E-state index contributed by atoms with van der Waals surface area (Å²) in [6.45, 7) is 0. The second kappa shape index (κ2) is 8.39. The predicted octanol–water partition coefficient (Wildman–Crippen LogP) is 4.98. The van der Waals surface area contributed by atoms with Gasteiger partial charge in [-0.05, 0) is 48.5 Å². The molecule has 2 N–H and O–H groups in total. The van der Waals surface area contributed by atoms with Crippen LogP contribution in [0.1, 0.15) is 0 Å². The zero-order chi connectivity index (χ0) is 20.9. The fourth-order valence-electron chi connectivity index (χ4n) is 2.61. The van der Waals surface area contributed by atoms with Crippen LogP contribution in [0.4, 0.5) is 25.0 Å². The van der Waals surface area contributed by atoms with Gasteiger partial charge < -0.3 is 19.9 Å². The van der Waals surface area contributed by atoms with Crippen LogP contribution in [0.3, 0.4) is 0 Å². The number of hydrogen-bond donors (Lipinski definition) is 2. The smallest absolute Gasteiger partial charge is 0.323 e. The largest absolute Gasteiger partial charge is 0.439 e. The van der Waals surface area contributed by atoms with Gasteiger partial charge in [0, 0.05) is 35.9 Å². The molecule has 0 aliphatic rings. The molecule has 2 aromatic heterocycles. The molecule has 0 bridgehead atoms. The van der Waals surface area contributed by atoms with Crippen LogP contribution < -0.4 is 15.4 Å². The van der Waals surface area contributed by atoms with Gasteiger partial charge in [-0.3, -0.25) is 0 Å². The Labute approximate surface area is 170 Å². The lowest BCUT2D eigenvalue weighted by Gasteiger charge is -2.09. The molecule has 4 aromatic rings. The number of aromatic nitrogens is 3. The summed E-state index contributed by atoms with van der Waals surface area (Å²) in [5, 5.41) is 5.02. The van der Waals surface area contributed by atoms with Gasteiger partial charge in [-0.25, -0.2) is 23.5 Å². The maximum absolute atomic E-state index is 13.2. The maximum atomic E-state index is 13.2. The summed E-state index contributed by atoms with van der Waals surface area (Å²) in [7, 11) is 0. The van der Waals surface area contributed by atoms with Crippen LogP contribution in [-0.2, 0) is 0 Å². The second-order valence-electron chi connectivity index (χ2n) is 6.14. The number of urea groups is 1. The highest BCUT2D eigenvalue weighted by atomic mass is 19.2. The minimum absolute atomic E-state index is 0.133. The molecule has 4 rings (SSSR count). The first kappa shape index (κ1) is 19.1. The van der Waals surface area contributed by atoms with Gasteiger partial charge in [0.15, 0.2) is 11.6 Å². The molecule has 150 valence electrons. The van der Waals surface area contributed by atoms with Crippen molar-refractivity contribution in [3.63, 3.8) is 0 Å². The van der Waals surface area contributed by atoms with Crippen LogP contribution in [0.5, 0.6) is 11.6 Å². The minimum Gasteiger partial charge on any atom is -0.439 e. The molecule has 0 saturated heterocycles. The summed E-state index contributed by atoms with van der Waals surface area (Å²) in [6, 6.07) is 14.6. The number of nitrogens with zero attached hydrogens (tertiary/aromatic N) is 3. The molecular formula is C21H15F2N5O2. The molecule has 0 aliphatic heterocycles. The van der Waals surface area contributed by atoms with E-state index in [1.165, 1.54) is 12.4 Å². The van der Waals surface area contributed by atoms with Crippen LogP contribution in [0, 0.1) is 11.6 Å². The highest BCUT2D eigenvalue weighted by Gasteiger charge is 2.07. The van der Waals surface area contributed by atoms with E-state index >= 15 is 0 Å². The van der Waals surface area contributed by atoms with E-state index in [1.807, 2.05) is 29.1 Å². The lowest BCUT2D eigenvalue weighted by molar-refractivity contribution is 0.262. The van der Waals surface area contributed by atoms with Crippen LogP contribution in [0.15, 0.2) is 79.4 Å². The Morgan fingerprint density at radius 1 is 0.867 bits per heavy atom. The Kier molecular flexibility index (Phi) is 5.33. The molecule has 2 aromatic carbocycles. The normalized spacial score (nSPS) is 10.5. The summed E-state index contributed by atoms with van der Waals surface area (Å²) in [5.41, 5.74) is 0.617. The van der Waals surface area contributed by atoms with E-state index in [9.17, 15) is 13.6 Å². The molecular weight excluding hydrogens is 392 g/mol. The number of carbonyl (C=O) groups is 1. The summed E-state index contributed by atoms with van der Waals surface area (Å²) in [6.07, 6.45) is 5.12. The number of amides is 2. The molecule has 30 heavy (non-hydrogen) atoms. The maximum Gasteiger partial charge on any atom is 0.323 e. The van der Waals surface area contributed by atoms with Crippen LogP contribution in [0.2, 0.25) is 0 Å². The molecule has 0 spiro atoms. The third kappa shape index (κ3) is 4.58. The minimum atomic E-state index is -1.04. The van der Waals surface area contributed by atoms with Crippen molar-refractivity contribution in [2.75, 3.05) is 10.6 Å². The predicted molar refractivity (Wildman–Crippen MR) is 107 cm³/mol. The van der Waals surface area contributed by atoms with Crippen molar-refractivity contribution in [3.8, 4) is 17.4 Å². The van der Waals surface area contributed by atoms with E-state index in [0.717, 1.165) is 12.1 Å². The Bertz CT molecular complexity index is 1160. The van der Waals surface area contributed by atoms with Gasteiger partial charge in [-0.15, -0.1) is 0 Å². The molecule has 0 fully saturated rings. The van der Waals surface area contributed by atoms with Crippen molar-refractivity contribution in [1.82, 2.24) is 14.5 Å². The van der Waals surface area contributed by atoms with Crippen LogP contribution in [0.25, 0.3) is 5.82 Å². The quantitative estimate of drug-likeness (QED) is 0.489. The molecule has 0 radical (unpaired) electrons. The highest BCUT2D eigenvalue weighted by Crippen LogP contribution is 2.22. The molecule has 2 amide bonds. The standard InChI is InChI=1S/C21H15F2N5O2/c22-17-8-5-15(11-18(17)23)27-21(29)26-14-3-6-16(7-4-14)30-20-12-19(24-13-25-20)28-9-1-2-10-28/h1-13H,(H2,26,27,29). The lowest BCUT2D eigenvalue weighted by Crippen LogP contribution is -2.19. The highest BCUT2D eigenvalue weighted by molar-refractivity contribution is 5.99. The number of rotatable bonds is 5. The molecule has 0 unspecified atom stereocenters. The number of carbonyl (C=O) groups excluding carboxylic acids is 1. The van der Waals surface area contributed by atoms with E-state index in [2.05, 4.69) is 20.6 Å². The first-order chi connectivity index (χ1) is 14.6. The fourth-order valence-corrected chi connectivity index (χ4v) is 2.61. The zero-order valence-electron chi connectivity index (χ0n) is 15.4. The Hall–Kier alpha value is -4.27. The summed E-state index contributed by atoms with van der Waals surface area (Å²) in [5.74, 6) is -0.485. The van der Waals surface area contributed by atoms with E-state index in [-0.39, 0.29) is 5.69 Å². The van der Waals surface area contributed by atoms with E-state index in [0.29, 0.717) is 23.1 Å². The van der Waals surface area contributed by atoms with Crippen molar-refractivity contribution in [1.29, 1.82) is 0 Å². The fraction of sp³-hybridized carbons (Fsp3) is 0. The average Bonchev–Trinajstić information content (AvgIpc) is 3.27.